The van der Waals surface area contributed by atoms with E-state index in [2.05, 4.69) is 22.5 Å². The van der Waals surface area contributed by atoms with E-state index in [0.29, 0.717) is 16.8 Å². The Morgan fingerprint density at radius 1 is 1.58 bits per heavy atom. The van der Waals surface area contributed by atoms with E-state index in [9.17, 15) is 4.39 Å². The maximum atomic E-state index is 13.0. The summed E-state index contributed by atoms with van der Waals surface area (Å²) in [5.74, 6) is -0.398. The smallest absolute Gasteiger partial charge is 0.163 e. The van der Waals surface area contributed by atoms with Gasteiger partial charge in [-0.05, 0) is 54.1 Å². The summed E-state index contributed by atoms with van der Waals surface area (Å²) in [6.07, 6.45) is 1.07. The fourth-order valence-corrected chi connectivity index (χ4v) is 2.31. The Balaban J connectivity index is 2.09. The highest BCUT2D eigenvalue weighted by molar-refractivity contribution is 9.10. The molecule has 0 saturated carbocycles. The summed E-state index contributed by atoms with van der Waals surface area (Å²) in [7, 11) is 0. The van der Waals surface area contributed by atoms with Gasteiger partial charge in [0.1, 0.15) is 23.8 Å². The summed E-state index contributed by atoms with van der Waals surface area (Å²) in [5.41, 5.74) is 0. The van der Waals surface area contributed by atoms with Crippen LogP contribution >= 0.6 is 15.9 Å². The highest BCUT2D eigenvalue weighted by atomic mass is 79.9. The largest absolute Gasteiger partial charge is 0.482 e. The van der Waals surface area contributed by atoms with Crippen LogP contribution in [0.1, 0.15) is 13.8 Å². The molecule has 19 heavy (non-hydrogen) atoms. The molecule has 1 saturated heterocycles. The van der Waals surface area contributed by atoms with Gasteiger partial charge in [0.15, 0.2) is 5.79 Å². The topological polar surface area (TPSA) is 27.7 Å². The van der Waals surface area contributed by atoms with Crippen LogP contribution in [0, 0.1) is 5.82 Å². The van der Waals surface area contributed by atoms with Gasteiger partial charge in [-0.15, -0.1) is 0 Å². The zero-order valence-corrected chi connectivity index (χ0v) is 12.4. The van der Waals surface area contributed by atoms with E-state index in [1.807, 2.05) is 13.8 Å². The van der Waals surface area contributed by atoms with Crippen molar-refractivity contribution in [2.75, 3.05) is 6.61 Å². The van der Waals surface area contributed by atoms with Crippen LogP contribution in [-0.2, 0) is 9.47 Å². The van der Waals surface area contributed by atoms with E-state index in [1.165, 1.54) is 12.1 Å². The van der Waals surface area contributed by atoms with Crippen LogP contribution in [0.2, 0.25) is 0 Å². The van der Waals surface area contributed by atoms with Gasteiger partial charge in [0.05, 0.1) is 11.1 Å². The van der Waals surface area contributed by atoms with Gasteiger partial charge in [0, 0.05) is 0 Å². The van der Waals surface area contributed by atoms with Crippen molar-refractivity contribution in [2.24, 2.45) is 0 Å². The summed E-state index contributed by atoms with van der Waals surface area (Å²) in [4.78, 5) is 0. The van der Waals surface area contributed by atoms with E-state index in [0.717, 1.165) is 0 Å². The molecule has 1 fully saturated rings. The Labute approximate surface area is 120 Å². The quantitative estimate of drug-likeness (QED) is 0.788. The minimum Gasteiger partial charge on any atom is -0.482 e. The number of rotatable bonds is 4. The molecule has 5 heteroatoms. The molecule has 1 aromatic carbocycles. The predicted octanol–water partition coefficient (Wildman–Crippen LogP) is 3.67. The molecule has 1 unspecified atom stereocenters. The molecular weight excluding hydrogens is 315 g/mol. The average Bonchev–Trinajstić information content (AvgIpc) is 2.69. The molecule has 1 aliphatic rings. The van der Waals surface area contributed by atoms with Crippen LogP contribution < -0.4 is 4.74 Å². The molecule has 2 rings (SSSR count). The summed E-state index contributed by atoms with van der Waals surface area (Å²) in [5, 5.41) is 0. The highest BCUT2D eigenvalue weighted by Crippen LogP contribution is 2.30. The van der Waals surface area contributed by atoms with Crippen molar-refractivity contribution >= 4 is 15.9 Å². The molecule has 1 aromatic rings. The second-order valence-electron chi connectivity index (χ2n) is 4.76. The minimum absolute atomic E-state index is 0.232. The Hall–Kier alpha value is -0.910. The van der Waals surface area contributed by atoms with Crippen LogP contribution in [0.5, 0.6) is 5.75 Å². The monoisotopic (exact) mass is 330 g/mol. The minimum atomic E-state index is -0.616. The van der Waals surface area contributed by atoms with E-state index in [1.54, 1.807) is 12.1 Å². The molecule has 0 N–H and O–H groups in total. The van der Waals surface area contributed by atoms with E-state index in [4.69, 9.17) is 14.2 Å². The van der Waals surface area contributed by atoms with Crippen LogP contribution in [0.4, 0.5) is 4.39 Å². The summed E-state index contributed by atoms with van der Waals surface area (Å²) >= 11 is 3.26. The first-order valence-corrected chi connectivity index (χ1v) is 6.76. The third-order valence-electron chi connectivity index (χ3n) is 2.79. The van der Waals surface area contributed by atoms with Gasteiger partial charge in [0.2, 0.25) is 0 Å². The average molecular weight is 331 g/mol. The van der Waals surface area contributed by atoms with Gasteiger partial charge < -0.3 is 14.2 Å². The van der Waals surface area contributed by atoms with Gasteiger partial charge >= 0.3 is 0 Å². The molecule has 1 heterocycles. The molecule has 3 nitrogen and oxygen atoms in total. The second kappa shape index (κ2) is 5.61. The van der Waals surface area contributed by atoms with Gasteiger partial charge in [-0.25, -0.2) is 4.39 Å². The summed E-state index contributed by atoms with van der Waals surface area (Å²) < 4.78 is 30.6. The zero-order valence-electron chi connectivity index (χ0n) is 10.9. The first kappa shape index (κ1) is 14.5. The molecule has 0 bridgehead atoms. The lowest BCUT2D eigenvalue weighted by molar-refractivity contribution is -0.145. The van der Waals surface area contributed by atoms with Gasteiger partial charge in [-0.1, -0.05) is 6.58 Å². The SMILES string of the molecule is C=CC(Oc1ccc(F)cc1Br)[C@H]1COC(C)(C)O1. The number of ether oxygens (including phenoxy) is 3. The lowest BCUT2D eigenvalue weighted by Crippen LogP contribution is -2.33. The molecule has 2 atom stereocenters. The third-order valence-corrected chi connectivity index (χ3v) is 3.41. The molecular formula is C14H16BrFO3. The molecule has 0 aromatic heterocycles. The van der Waals surface area contributed by atoms with Crippen LogP contribution in [0.25, 0.3) is 0 Å². The normalized spacial score (nSPS) is 23.1. The van der Waals surface area contributed by atoms with Crippen molar-refractivity contribution in [3.05, 3.63) is 41.1 Å². The Morgan fingerprint density at radius 2 is 2.32 bits per heavy atom. The standard InChI is InChI=1S/C14H16BrFO3/c1-4-11(13-8-17-14(2,3)19-13)18-12-6-5-9(16)7-10(12)15/h4-7,11,13H,1,8H2,2-3H3/t11?,13-/m1/s1. The van der Waals surface area contributed by atoms with Crippen LogP contribution in [-0.4, -0.2) is 24.6 Å². The molecule has 0 spiro atoms. The Kier molecular flexibility index (Phi) is 4.28. The Bertz CT molecular complexity index is 476. The lowest BCUT2D eigenvalue weighted by atomic mass is 10.2. The van der Waals surface area contributed by atoms with E-state index in [-0.39, 0.29) is 18.0 Å². The zero-order chi connectivity index (χ0) is 14.0. The van der Waals surface area contributed by atoms with E-state index >= 15 is 0 Å². The number of hydrogen-bond acceptors (Lipinski definition) is 3. The Morgan fingerprint density at radius 3 is 2.84 bits per heavy atom. The van der Waals surface area contributed by atoms with Gasteiger partial charge in [-0.2, -0.15) is 0 Å². The van der Waals surface area contributed by atoms with Crippen molar-refractivity contribution in [1.82, 2.24) is 0 Å². The first-order chi connectivity index (χ1) is 8.91. The summed E-state index contributed by atoms with van der Waals surface area (Å²) in [6, 6.07) is 4.26. The molecule has 0 aliphatic carbocycles. The lowest BCUT2D eigenvalue weighted by Gasteiger charge is -2.23. The fourth-order valence-electron chi connectivity index (χ4n) is 1.87. The highest BCUT2D eigenvalue weighted by Gasteiger charge is 2.37. The third kappa shape index (κ3) is 3.55. The number of halogens is 2. The van der Waals surface area contributed by atoms with Gasteiger partial charge in [-0.3, -0.25) is 0 Å². The van der Waals surface area contributed by atoms with Crippen molar-refractivity contribution in [2.45, 2.75) is 31.8 Å². The van der Waals surface area contributed by atoms with Crippen molar-refractivity contribution in [3.63, 3.8) is 0 Å². The molecule has 1 aliphatic heterocycles. The maximum absolute atomic E-state index is 13.0. The number of benzene rings is 1. The van der Waals surface area contributed by atoms with Crippen LogP contribution in [0.3, 0.4) is 0 Å². The fraction of sp³-hybridized carbons (Fsp3) is 0.429. The van der Waals surface area contributed by atoms with Crippen molar-refractivity contribution < 1.29 is 18.6 Å². The second-order valence-corrected chi connectivity index (χ2v) is 5.61. The van der Waals surface area contributed by atoms with Crippen molar-refractivity contribution in [3.8, 4) is 5.75 Å². The maximum Gasteiger partial charge on any atom is 0.163 e. The first-order valence-electron chi connectivity index (χ1n) is 5.97. The predicted molar refractivity (Wildman–Crippen MR) is 73.6 cm³/mol. The molecule has 104 valence electrons. The molecule has 0 amide bonds. The van der Waals surface area contributed by atoms with Crippen LogP contribution in [0.15, 0.2) is 35.3 Å². The summed E-state index contributed by atoms with van der Waals surface area (Å²) in [6.45, 7) is 7.88. The number of hydrogen-bond donors (Lipinski definition) is 0. The van der Waals surface area contributed by atoms with Gasteiger partial charge in [0.25, 0.3) is 0 Å². The van der Waals surface area contributed by atoms with E-state index < -0.39 is 5.79 Å². The molecule has 0 radical (unpaired) electrons. The van der Waals surface area contributed by atoms with Crippen molar-refractivity contribution in [1.29, 1.82) is 0 Å².